The van der Waals surface area contributed by atoms with Gasteiger partial charge in [0.25, 0.3) is 0 Å². The van der Waals surface area contributed by atoms with Crippen LogP contribution in [0, 0.1) is 11.3 Å². The molecule has 0 radical (unpaired) electrons. The number of nitriles is 1. The van der Waals surface area contributed by atoms with Crippen LogP contribution in [0.1, 0.15) is 47.3 Å². The van der Waals surface area contributed by atoms with Crippen LogP contribution >= 0.6 is 23.2 Å². The van der Waals surface area contributed by atoms with Gasteiger partial charge < -0.3 is 24.3 Å². The fraction of sp³-hybridized carbons (Fsp3) is 0.257. The van der Waals surface area contributed by atoms with Crippen LogP contribution in [0.15, 0.2) is 73.2 Å². The third-order valence-electron chi connectivity index (χ3n) is 8.57. The van der Waals surface area contributed by atoms with E-state index >= 15 is 0 Å². The van der Waals surface area contributed by atoms with Crippen molar-refractivity contribution in [3.05, 3.63) is 100 Å². The molecule has 2 N–H and O–H groups in total. The van der Waals surface area contributed by atoms with Crippen LogP contribution in [0.4, 0.5) is 5.69 Å². The second-order valence-corrected chi connectivity index (χ2v) is 12.2. The summed E-state index contributed by atoms with van der Waals surface area (Å²) in [6, 6.07) is 16.3. The van der Waals surface area contributed by atoms with Crippen molar-refractivity contribution < 1.29 is 14.3 Å². The second-order valence-electron chi connectivity index (χ2n) is 11.4. The molecule has 11 heteroatoms. The molecule has 1 fully saturated rings. The van der Waals surface area contributed by atoms with Gasteiger partial charge in [-0.25, -0.2) is 4.98 Å². The number of ether oxygens (including phenoxy) is 1. The maximum absolute atomic E-state index is 13.7. The van der Waals surface area contributed by atoms with Gasteiger partial charge in [0.15, 0.2) is 0 Å². The molecule has 46 heavy (non-hydrogen) atoms. The minimum Gasteiger partial charge on any atom is -0.381 e. The van der Waals surface area contributed by atoms with Crippen molar-refractivity contribution in [3.8, 4) is 17.2 Å². The Hall–Kier alpha value is -4.46. The van der Waals surface area contributed by atoms with E-state index in [2.05, 4.69) is 21.7 Å². The van der Waals surface area contributed by atoms with Crippen LogP contribution in [-0.4, -0.2) is 51.4 Å². The standard InChI is InChI=1S/C35H32Cl2N6O3/c1-42-20-40-34-30(42)18-26(36)32(33(34)37)25-5-4-16-43-28(25)13-14-29(43)35(45)21-7-12-27(22(17-21)19-38)41-31(44)6-3-15-39-23-8-10-24(46-2)11-9-23/h3-7,12-14,16-18,20,23-24,39H,8-11,15H2,1-2H3,(H,41,44)/b6-3+. The quantitative estimate of drug-likeness (QED) is 0.131. The van der Waals surface area contributed by atoms with E-state index in [1.807, 2.05) is 35.9 Å². The third-order valence-corrected chi connectivity index (χ3v) is 9.23. The van der Waals surface area contributed by atoms with Gasteiger partial charge in [0, 0.05) is 55.7 Å². The van der Waals surface area contributed by atoms with Gasteiger partial charge in [-0.1, -0.05) is 35.3 Å². The maximum Gasteiger partial charge on any atom is 0.248 e. The van der Waals surface area contributed by atoms with Crippen LogP contribution in [-0.2, 0) is 16.6 Å². The molecule has 2 aromatic carbocycles. The highest BCUT2D eigenvalue weighted by Crippen LogP contribution is 2.41. The molecule has 5 aromatic rings. The first-order valence-corrected chi connectivity index (χ1v) is 15.8. The highest BCUT2D eigenvalue weighted by Gasteiger charge is 2.22. The maximum atomic E-state index is 13.7. The van der Waals surface area contributed by atoms with Crippen molar-refractivity contribution in [2.45, 2.75) is 37.8 Å². The summed E-state index contributed by atoms with van der Waals surface area (Å²) in [5, 5.41) is 16.9. The third kappa shape index (κ3) is 6.17. The van der Waals surface area contributed by atoms with E-state index in [1.54, 1.807) is 48.3 Å². The number of benzene rings is 2. The number of pyridine rings is 1. The number of fused-ring (bicyclic) bond motifs is 2. The SMILES string of the molecule is COC1CCC(NC/C=C/C(=O)Nc2ccc(C(=O)c3ccc4c(-c5c(Cl)cc6c(ncn6C)c5Cl)cccn34)cc2C#N)CC1. The molecule has 1 aliphatic rings. The lowest BCUT2D eigenvalue weighted by molar-refractivity contribution is -0.111. The van der Waals surface area contributed by atoms with E-state index in [9.17, 15) is 14.9 Å². The number of aryl methyl sites for hydroxylation is 1. The number of carbonyl (C=O) groups excluding carboxylic acids is 2. The van der Waals surface area contributed by atoms with E-state index in [4.69, 9.17) is 27.9 Å². The van der Waals surface area contributed by atoms with E-state index in [0.29, 0.717) is 56.8 Å². The van der Waals surface area contributed by atoms with Crippen molar-refractivity contribution in [1.29, 1.82) is 5.26 Å². The highest BCUT2D eigenvalue weighted by atomic mass is 35.5. The van der Waals surface area contributed by atoms with E-state index < -0.39 is 0 Å². The number of anilines is 1. The van der Waals surface area contributed by atoms with Gasteiger partial charge in [-0.05, 0) is 68.1 Å². The smallest absolute Gasteiger partial charge is 0.248 e. The molecular weight excluding hydrogens is 623 g/mol. The molecule has 1 amide bonds. The lowest BCUT2D eigenvalue weighted by Gasteiger charge is -2.27. The summed E-state index contributed by atoms with van der Waals surface area (Å²) >= 11 is 13.5. The topological polar surface area (TPSA) is 113 Å². The number of hydrogen-bond donors (Lipinski definition) is 2. The summed E-state index contributed by atoms with van der Waals surface area (Å²) < 4.78 is 9.04. The van der Waals surface area contributed by atoms with Crippen molar-refractivity contribution in [3.63, 3.8) is 0 Å². The summed E-state index contributed by atoms with van der Waals surface area (Å²) in [6.07, 6.45) is 11.2. The van der Waals surface area contributed by atoms with Gasteiger partial charge in [0.2, 0.25) is 11.7 Å². The Morgan fingerprint density at radius 3 is 2.67 bits per heavy atom. The van der Waals surface area contributed by atoms with Crippen molar-refractivity contribution in [2.24, 2.45) is 7.05 Å². The Morgan fingerprint density at radius 2 is 1.91 bits per heavy atom. The predicted molar refractivity (Wildman–Crippen MR) is 181 cm³/mol. The second kappa shape index (κ2) is 13.5. The molecule has 0 bridgehead atoms. The molecule has 0 atom stereocenters. The molecule has 0 spiro atoms. The summed E-state index contributed by atoms with van der Waals surface area (Å²) in [5.74, 6) is -0.638. The van der Waals surface area contributed by atoms with Gasteiger partial charge in [-0.15, -0.1) is 0 Å². The summed E-state index contributed by atoms with van der Waals surface area (Å²) in [5.41, 5.74) is 4.79. The number of halogens is 2. The Kier molecular flexibility index (Phi) is 9.24. The molecule has 6 rings (SSSR count). The van der Waals surface area contributed by atoms with Gasteiger partial charge in [0.05, 0.1) is 50.5 Å². The molecule has 3 heterocycles. The Balaban J connectivity index is 1.18. The van der Waals surface area contributed by atoms with Crippen molar-refractivity contribution in [1.82, 2.24) is 19.3 Å². The van der Waals surface area contributed by atoms with E-state index in [1.165, 1.54) is 12.1 Å². The molecule has 1 saturated carbocycles. The number of methoxy groups -OCH3 is 1. The molecule has 234 valence electrons. The largest absolute Gasteiger partial charge is 0.381 e. The van der Waals surface area contributed by atoms with Gasteiger partial charge in [-0.3, -0.25) is 9.59 Å². The van der Waals surface area contributed by atoms with Crippen LogP contribution < -0.4 is 10.6 Å². The van der Waals surface area contributed by atoms with Crippen LogP contribution in [0.5, 0.6) is 0 Å². The zero-order chi connectivity index (χ0) is 32.4. The number of carbonyl (C=O) groups is 2. The number of imidazole rings is 1. The summed E-state index contributed by atoms with van der Waals surface area (Å²) in [7, 11) is 3.62. The molecular formula is C35H32Cl2N6O3. The number of nitrogens with zero attached hydrogens (tertiary/aromatic N) is 4. The molecule has 0 saturated heterocycles. The highest BCUT2D eigenvalue weighted by molar-refractivity contribution is 6.43. The average Bonchev–Trinajstić information content (AvgIpc) is 3.67. The Morgan fingerprint density at radius 1 is 1.11 bits per heavy atom. The van der Waals surface area contributed by atoms with Crippen LogP contribution in [0.25, 0.3) is 27.7 Å². The number of hydrogen-bond acceptors (Lipinski definition) is 6. The summed E-state index contributed by atoms with van der Waals surface area (Å²) in [6.45, 7) is 0.567. The Bertz CT molecular complexity index is 2030. The fourth-order valence-corrected chi connectivity index (χ4v) is 6.79. The number of nitrogens with one attached hydrogen (secondary N) is 2. The number of ketones is 1. The first-order valence-electron chi connectivity index (χ1n) is 15.0. The van der Waals surface area contributed by atoms with Gasteiger partial charge in [0.1, 0.15) is 11.6 Å². The first-order chi connectivity index (χ1) is 22.3. The average molecular weight is 656 g/mol. The normalized spacial score (nSPS) is 16.7. The number of rotatable bonds is 9. The first kappa shape index (κ1) is 31.5. The molecule has 1 aliphatic carbocycles. The van der Waals surface area contributed by atoms with Gasteiger partial charge in [-0.2, -0.15) is 5.26 Å². The lowest BCUT2D eigenvalue weighted by atomic mass is 9.93. The summed E-state index contributed by atoms with van der Waals surface area (Å²) in [4.78, 5) is 30.7. The van der Waals surface area contributed by atoms with E-state index in [-0.39, 0.29) is 17.3 Å². The Labute approximate surface area is 276 Å². The van der Waals surface area contributed by atoms with Crippen molar-refractivity contribution >= 4 is 57.1 Å². The zero-order valence-corrected chi connectivity index (χ0v) is 26.9. The zero-order valence-electron chi connectivity index (χ0n) is 25.4. The minimum atomic E-state index is -0.355. The van der Waals surface area contributed by atoms with Crippen LogP contribution in [0.3, 0.4) is 0 Å². The molecule has 9 nitrogen and oxygen atoms in total. The predicted octanol–water partition coefficient (Wildman–Crippen LogP) is 6.94. The monoisotopic (exact) mass is 654 g/mol. The lowest BCUT2D eigenvalue weighted by Crippen LogP contribution is -2.35. The molecule has 3 aromatic heterocycles. The molecule has 0 unspecified atom stereocenters. The van der Waals surface area contributed by atoms with Crippen molar-refractivity contribution in [2.75, 3.05) is 19.0 Å². The molecule has 0 aliphatic heterocycles. The van der Waals surface area contributed by atoms with Gasteiger partial charge >= 0.3 is 0 Å². The van der Waals surface area contributed by atoms with E-state index in [0.717, 1.165) is 42.3 Å². The number of aromatic nitrogens is 3. The van der Waals surface area contributed by atoms with Crippen LogP contribution in [0.2, 0.25) is 10.0 Å². The number of amides is 1. The minimum absolute atomic E-state index is 0.185. The fourth-order valence-electron chi connectivity index (χ4n) is 6.09.